The number of nitrogens with zero attached hydrogens (tertiary/aromatic N) is 3. The van der Waals surface area contributed by atoms with Crippen molar-refractivity contribution in [3.05, 3.63) is 46.2 Å². The molecule has 0 atom stereocenters. The van der Waals surface area contributed by atoms with Crippen LogP contribution in [0.4, 0.5) is 0 Å². The van der Waals surface area contributed by atoms with Crippen molar-refractivity contribution >= 4 is 29.5 Å². The molecule has 0 spiro atoms. The standard InChI is InChI=1S/C14H12ClN3O/c1-3-11-12-5-4-10(15)8-9(12)6-7-18-13(11)16-17-14(18)19-2/h3-8H,1-2H3. The Morgan fingerprint density at radius 1 is 1.32 bits per heavy atom. The number of ether oxygens (including phenoxy) is 1. The third-order valence-corrected chi connectivity index (χ3v) is 3.32. The van der Waals surface area contributed by atoms with E-state index in [2.05, 4.69) is 10.2 Å². The van der Waals surface area contributed by atoms with Crippen LogP contribution in [0, 0.1) is 0 Å². The fraction of sp³-hybridized carbons (Fsp3) is 0.143. The first kappa shape index (κ1) is 12.0. The number of benzene rings is 1. The summed E-state index contributed by atoms with van der Waals surface area (Å²) in [4.78, 5) is 0. The van der Waals surface area contributed by atoms with E-state index in [-0.39, 0.29) is 0 Å². The zero-order chi connectivity index (χ0) is 13.4. The van der Waals surface area contributed by atoms with Gasteiger partial charge in [0.15, 0.2) is 5.82 Å². The summed E-state index contributed by atoms with van der Waals surface area (Å²) in [6.07, 6.45) is 5.88. The zero-order valence-corrected chi connectivity index (χ0v) is 11.3. The van der Waals surface area contributed by atoms with E-state index in [0.29, 0.717) is 11.0 Å². The van der Waals surface area contributed by atoms with Gasteiger partial charge in [-0.05, 0) is 36.3 Å². The summed E-state index contributed by atoms with van der Waals surface area (Å²) in [5.74, 6) is 0.761. The molecule has 1 aliphatic heterocycles. The van der Waals surface area contributed by atoms with Gasteiger partial charge in [0.2, 0.25) is 0 Å². The van der Waals surface area contributed by atoms with Crippen molar-refractivity contribution in [3.63, 3.8) is 0 Å². The summed E-state index contributed by atoms with van der Waals surface area (Å²) in [7, 11) is 1.58. The second kappa shape index (κ2) is 4.55. The summed E-state index contributed by atoms with van der Waals surface area (Å²) >= 11 is 6.05. The molecule has 0 aliphatic carbocycles. The highest BCUT2D eigenvalue weighted by atomic mass is 35.5. The van der Waals surface area contributed by atoms with Crippen LogP contribution < -0.4 is 4.74 Å². The predicted molar refractivity (Wildman–Crippen MR) is 76.0 cm³/mol. The monoisotopic (exact) mass is 273 g/mol. The molecule has 0 saturated carbocycles. The summed E-state index contributed by atoms with van der Waals surface area (Å²) < 4.78 is 7.03. The summed E-state index contributed by atoms with van der Waals surface area (Å²) in [6, 6.07) is 6.27. The van der Waals surface area contributed by atoms with Crippen LogP contribution in [0.2, 0.25) is 5.02 Å². The number of fused-ring (bicyclic) bond motifs is 2. The Hall–Kier alpha value is -2.07. The summed E-state index contributed by atoms with van der Waals surface area (Å²) in [5.41, 5.74) is 3.14. The molecule has 2 aromatic rings. The van der Waals surface area contributed by atoms with E-state index in [1.807, 2.05) is 48.0 Å². The van der Waals surface area contributed by atoms with E-state index in [0.717, 1.165) is 22.5 Å². The lowest BCUT2D eigenvalue weighted by atomic mass is 9.99. The Balaban J connectivity index is 2.29. The Labute approximate surface area is 116 Å². The molecule has 0 radical (unpaired) electrons. The Morgan fingerprint density at radius 2 is 2.16 bits per heavy atom. The number of aromatic nitrogens is 3. The third kappa shape index (κ3) is 1.85. The topological polar surface area (TPSA) is 39.9 Å². The van der Waals surface area contributed by atoms with Crippen LogP contribution in [-0.4, -0.2) is 21.9 Å². The molecule has 0 unspecified atom stereocenters. The van der Waals surface area contributed by atoms with Gasteiger partial charge in [0.1, 0.15) is 0 Å². The van der Waals surface area contributed by atoms with E-state index in [4.69, 9.17) is 16.3 Å². The fourth-order valence-electron chi connectivity index (χ4n) is 2.21. The average Bonchev–Trinajstić information content (AvgIpc) is 2.75. The minimum atomic E-state index is 0.463. The van der Waals surface area contributed by atoms with Gasteiger partial charge in [0.05, 0.1) is 7.11 Å². The van der Waals surface area contributed by atoms with Gasteiger partial charge in [0, 0.05) is 16.8 Å². The van der Waals surface area contributed by atoms with Crippen LogP contribution in [0.1, 0.15) is 23.9 Å². The highest BCUT2D eigenvalue weighted by Gasteiger charge is 2.20. The van der Waals surface area contributed by atoms with Crippen molar-refractivity contribution in [2.75, 3.05) is 7.11 Å². The van der Waals surface area contributed by atoms with Gasteiger partial charge < -0.3 is 4.74 Å². The van der Waals surface area contributed by atoms with Crippen LogP contribution in [0.5, 0.6) is 6.01 Å². The molecule has 0 amide bonds. The van der Waals surface area contributed by atoms with E-state index in [9.17, 15) is 0 Å². The van der Waals surface area contributed by atoms with E-state index in [1.165, 1.54) is 0 Å². The number of methoxy groups -OCH3 is 1. The Morgan fingerprint density at radius 3 is 2.89 bits per heavy atom. The maximum Gasteiger partial charge on any atom is 0.321 e. The number of hydrogen-bond donors (Lipinski definition) is 0. The largest absolute Gasteiger partial charge is 0.467 e. The van der Waals surface area contributed by atoms with Crippen molar-refractivity contribution < 1.29 is 4.74 Å². The van der Waals surface area contributed by atoms with Crippen molar-refractivity contribution in [1.82, 2.24) is 14.8 Å². The van der Waals surface area contributed by atoms with Gasteiger partial charge in [0.25, 0.3) is 0 Å². The van der Waals surface area contributed by atoms with Crippen molar-refractivity contribution in [3.8, 4) is 6.01 Å². The Kier molecular flexibility index (Phi) is 2.87. The van der Waals surface area contributed by atoms with E-state index in [1.54, 1.807) is 7.11 Å². The lowest BCUT2D eigenvalue weighted by Crippen LogP contribution is -1.98. The SMILES string of the molecule is CC=C1c2ccc(Cl)cc2C=Cn2c(OC)nnc21. The molecule has 2 heterocycles. The molecule has 96 valence electrons. The van der Waals surface area contributed by atoms with Crippen molar-refractivity contribution in [2.45, 2.75) is 6.92 Å². The molecule has 1 aromatic carbocycles. The van der Waals surface area contributed by atoms with Gasteiger partial charge >= 0.3 is 6.01 Å². The summed E-state index contributed by atoms with van der Waals surface area (Å²) in [5, 5.41) is 8.93. The smallest absolute Gasteiger partial charge is 0.321 e. The predicted octanol–water partition coefficient (Wildman–Crippen LogP) is 3.33. The molecule has 4 nitrogen and oxygen atoms in total. The molecule has 0 saturated heterocycles. The maximum atomic E-state index is 6.05. The number of hydrogen-bond acceptors (Lipinski definition) is 3. The first-order valence-electron chi connectivity index (χ1n) is 5.88. The van der Waals surface area contributed by atoms with Crippen LogP contribution in [0.15, 0.2) is 24.3 Å². The normalized spacial score (nSPS) is 15.0. The molecule has 0 fully saturated rings. The van der Waals surface area contributed by atoms with Crippen LogP contribution in [-0.2, 0) is 0 Å². The average molecular weight is 274 g/mol. The number of allylic oxidation sites excluding steroid dienone is 1. The van der Waals surface area contributed by atoms with E-state index < -0.39 is 0 Å². The van der Waals surface area contributed by atoms with Gasteiger partial charge in [-0.25, -0.2) is 0 Å². The molecule has 1 aromatic heterocycles. The summed E-state index contributed by atoms with van der Waals surface area (Å²) in [6.45, 7) is 1.98. The maximum absolute atomic E-state index is 6.05. The van der Waals surface area contributed by atoms with Crippen molar-refractivity contribution in [1.29, 1.82) is 0 Å². The highest BCUT2D eigenvalue weighted by molar-refractivity contribution is 6.30. The van der Waals surface area contributed by atoms with Crippen LogP contribution in [0.25, 0.3) is 17.8 Å². The van der Waals surface area contributed by atoms with Gasteiger partial charge in [-0.2, -0.15) is 0 Å². The molecule has 5 heteroatoms. The third-order valence-electron chi connectivity index (χ3n) is 3.08. The van der Waals surface area contributed by atoms with E-state index >= 15 is 0 Å². The quantitative estimate of drug-likeness (QED) is 0.683. The van der Waals surface area contributed by atoms with Crippen molar-refractivity contribution in [2.24, 2.45) is 0 Å². The van der Waals surface area contributed by atoms with Crippen LogP contribution >= 0.6 is 11.6 Å². The lowest BCUT2D eigenvalue weighted by Gasteiger charge is -2.07. The second-order valence-electron chi connectivity index (χ2n) is 4.13. The minimum Gasteiger partial charge on any atom is -0.467 e. The molecular weight excluding hydrogens is 262 g/mol. The number of rotatable bonds is 1. The zero-order valence-electron chi connectivity index (χ0n) is 10.6. The van der Waals surface area contributed by atoms with Gasteiger partial charge in [-0.3, -0.25) is 4.57 Å². The van der Waals surface area contributed by atoms with Gasteiger partial charge in [-0.1, -0.05) is 28.8 Å². The molecular formula is C14H12ClN3O. The number of halogens is 1. The minimum absolute atomic E-state index is 0.463. The second-order valence-corrected chi connectivity index (χ2v) is 4.57. The van der Waals surface area contributed by atoms with Gasteiger partial charge in [-0.15, -0.1) is 5.10 Å². The fourth-order valence-corrected chi connectivity index (χ4v) is 2.39. The first-order valence-corrected chi connectivity index (χ1v) is 6.26. The molecule has 19 heavy (non-hydrogen) atoms. The van der Waals surface area contributed by atoms with Crippen LogP contribution in [0.3, 0.4) is 0 Å². The molecule has 0 N–H and O–H groups in total. The molecule has 3 rings (SSSR count). The molecule has 1 aliphatic rings. The Bertz CT molecular complexity index is 701. The lowest BCUT2D eigenvalue weighted by molar-refractivity contribution is 0.374. The molecule has 0 bridgehead atoms. The highest BCUT2D eigenvalue weighted by Crippen LogP contribution is 2.32. The first-order chi connectivity index (χ1) is 9.24.